The molecule has 0 saturated carbocycles. The van der Waals surface area contributed by atoms with Crippen molar-refractivity contribution in [3.8, 4) is 0 Å². The molecule has 0 aliphatic carbocycles. The molecule has 0 bridgehead atoms. The van der Waals surface area contributed by atoms with Crippen molar-refractivity contribution >= 4 is 27.3 Å². The average Bonchev–Trinajstić information content (AvgIpc) is 2.79. The predicted molar refractivity (Wildman–Crippen MR) is 83.2 cm³/mol. The van der Waals surface area contributed by atoms with Crippen molar-refractivity contribution in [2.75, 3.05) is 13.1 Å². The van der Waals surface area contributed by atoms with Crippen LogP contribution < -0.4 is 0 Å². The number of benzene rings is 1. The van der Waals surface area contributed by atoms with Gasteiger partial charge in [-0.25, -0.2) is 4.39 Å². The number of fused-ring (bicyclic) bond motifs is 1. The van der Waals surface area contributed by atoms with Gasteiger partial charge in [0, 0.05) is 16.6 Å². The lowest BCUT2D eigenvalue weighted by Crippen LogP contribution is -2.43. The van der Waals surface area contributed by atoms with Gasteiger partial charge in [-0.3, -0.25) is 4.79 Å². The molecular weight excluding hydrogens is 330 g/mol. The molecule has 0 spiro atoms. The first-order valence-corrected chi connectivity index (χ1v) is 7.82. The van der Waals surface area contributed by atoms with E-state index in [1.165, 1.54) is 18.2 Å². The monoisotopic (exact) mass is 347 g/mol. The van der Waals surface area contributed by atoms with E-state index in [2.05, 4.69) is 0 Å². The van der Waals surface area contributed by atoms with Crippen LogP contribution in [0.1, 0.15) is 30.4 Å². The standard InChI is InChI=1S/C16H17F4NOS/c1-15(2,3)8-21(9-16(18,19)20)14(22)13-7-10-11(17)5-4-6-12(10)23-13/h4-7H,8-9H2,1-3H3. The SMILES string of the molecule is CC(C)(C)CN(CC(F)(F)F)C(=O)c1cc2c(F)cccc2s1. The summed E-state index contributed by atoms with van der Waals surface area (Å²) in [5.74, 6) is -1.21. The Morgan fingerprint density at radius 1 is 1.17 bits per heavy atom. The third-order valence-corrected chi connectivity index (χ3v) is 4.13. The van der Waals surface area contributed by atoms with Crippen molar-refractivity contribution in [2.45, 2.75) is 26.9 Å². The Hall–Kier alpha value is -1.63. The summed E-state index contributed by atoms with van der Waals surface area (Å²) >= 11 is 1.00. The van der Waals surface area contributed by atoms with Gasteiger partial charge in [-0.15, -0.1) is 11.3 Å². The number of rotatable bonds is 3. The Labute approximate surface area is 135 Å². The van der Waals surface area contributed by atoms with Crippen LogP contribution in [-0.4, -0.2) is 30.1 Å². The Balaban J connectivity index is 2.36. The highest BCUT2D eigenvalue weighted by Crippen LogP contribution is 2.30. The lowest BCUT2D eigenvalue weighted by atomic mass is 9.96. The quantitative estimate of drug-likeness (QED) is 0.708. The highest BCUT2D eigenvalue weighted by atomic mass is 32.1. The van der Waals surface area contributed by atoms with Gasteiger partial charge >= 0.3 is 6.18 Å². The lowest BCUT2D eigenvalue weighted by Gasteiger charge is -2.30. The smallest absolute Gasteiger partial charge is 0.328 e. The molecule has 0 radical (unpaired) electrons. The van der Waals surface area contributed by atoms with Gasteiger partial charge in [0.2, 0.25) is 0 Å². The predicted octanol–water partition coefficient (Wildman–Crippen LogP) is 5.09. The van der Waals surface area contributed by atoms with Crippen LogP contribution >= 0.6 is 11.3 Å². The maximum Gasteiger partial charge on any atom is 0.406 e. The van der Waals surface area contributed by atoms with Crippen molar-refractivity contribution < 1.29 is 22.4 Å². The molecule has 1 amide bonds. The summed E-state index contributed by atoms with van der Waals surface area (Å²) < 4.78 is 52.6. The Bertz CT molecular complexity index is 699. The number of hydrogen-bond donors (Lipinski definition) is 0. The molecule has 0 saturated heterocycles. The van der Waals surface area contributed by atoms with Crippen LogP contribution in [-0.2, 0) is 0 Å². The van der Waals surface area contributed by atoms with Crippen molar-refractivity contribution in [3.05, 3.63) is 35.0 Å². The molecule has 1 aromatic heterocycles. The maximum absolute atomic E-state index is 13.7. The number of halogens is 4. The van der Waals surface area contributed by atoms with Crippen molar-refractivity contribution in [1.29, 1.82) is 0 Å². The van der Waals surface area contributed by atoms with Crippen LogP contribution in [0.2, 0.25) is 0 Å². The number of thiophene rings is 1. The molecule has 0 aliphatic heterocycles. The van der Waals surface area contributed by atoms with Gasteiger partial charge < -0.3 is 4.90 Å². The van der Waals surface area contributed by atoms with E-state index in [0.29, 0.717) is 4.70 Å². The molecule has 2 aromatic rings. The third kappa shape index (κ3) is 4.67. The lowest BCUT2D eigenvalue weighted by molar-refractivity contribution is -0.142. The normalized spacial score (nSPS) is 12.7. The van der Waals surface area contributed by atoms with Gasteiger partial charge in [0.1, 0.15) is 12.4 Å². The van der Waals surface area contributed by atoms with E-state index < -0.39 is 29.9 Å². The minimum absolute atomic E-state index is 0.0396. The van der Waals surface area contributed by atoms with Crippen LogP contribution in [0.15, 0.2) is 24.3 Å². The van der Waals surface area contributed by atoms with E-state index in [1.807, 2.05) is 0 Å². The Kier molecular flexibility index (Phi) is 4.71. The first-order valence-electron chi connectivity index (χ1n) is 7.00. The van der Waals surface area contributed by atoms with E-state index in [1.54, 1.807) is 26.8 Å². The molecule has 2 rings (SSSR count). The zero-order chi connectivity index (χ0) is 17.4. The van der Waals surface area contributed by atoms with Gasteiger partial charge in [0.25, 0.3) is 5.91 Å². The van der Waals surface area contributed by atoms with Gasteiger partial charge in [-0.1, -0.05) is 26.8 Å². The van der Waals surface area contributed by atoms with Gasteiger partial charge in [-0.05, 0) is 23.6 Å². The average molecular weight is 347 g/mol. The Morgan fingerprint density at radius 2 is 1.83 bits per heavy atom. The minimum Gasteiger partial charge on any atom is -0.328 e. The van der Waals surface area contributed by atoms with Crippen LogP contribution in [0.4, 0.5) is 17.6 Å². The van der Waals surface area contributed by atoms with Crippen LogP contribution in [0.5, 0.6) is 0 Å². The van der Waals surface area contributed by atoms with E-state index in [9.17, 15) is 22.4 Å². The molecule has 1 heterocycles. The van der Waals surface area contributed by atoms with Crippen molar-refractivity contribution in [2.24, 2.45) is 5.41 Å². The first kappa shape index (κ1) is 17.7. The summed E-state index contributed by atoms with van der Waals surface area (Å²) in [5, 5.41) is 0.253. The second-order valence-corrected chi connectivity index (χ2v) is 7.68. The Morgan fingerprint density at radius 3 is 2.35 bits per heavy atom. The molecule has 0 fully saturated rings. The van der Waals surface area contributed by atoms with Gasteiger partial charge in [0.15, 0.2) is 0 Å². The third-order valence-electron chi connectivity index (χ3n) is 3.04. The zero-order valence-corrected chi connectivity index (χ0v) is 13.8. The number of hydrogen-bond acceptors (Lipinski definition) is 2. The zero-order valence-electron chi connectivity index (χ0n) is 13.0. The van der Waals surface area contributed by atoms with E-state index in [-0.39, 0.29) is 16.8 Å². The molecule has 126 valence electrons. The minimum atomic E-state index is -4.48. The molecule has 23 heavy (non-hydrogen) atoms. The molecular formula is C16H17F4NOS. The second-order valence-electron chi connectivity index (χ2n) is 6.60. The largest absolute Gasteiger partial charge is 0.406 e. The number of alkyl halides is 3. The van der Waals surface area contributed by atoms with E-state index in [4.69, 9.17) is 0 Å². The molecule has 0 unspecified atom stereocenters. The van der Waals surface area contributed by atoms with Crippen LogP contribution in [0, 0.1) is 11.2 Å². The summed E-state index contributed by atoms with van der Waals surface area (Å²) in [6, 6.07) is 5.72. The fourth-order valence-electron chi connectivity index (χ4n) is 2.28. The molecule has 0 aliphatic rings. The summed E-state index contributed by atoms with van der Waals surface area (Å²) in [7, 11) is 0. The number of carbonyl (C=O) groups is 1. The number of nitrogens with zero attached hydrogens (tertiary/aromatic N) is 1. The topological polar surface area (TPSA) is 20.3 Å². The highest BCUT2D eigenvalue weighted by molar-refractivity contribution is 7.20. The fraction of sp³-hybridized carbons (Fsp3) is 0.438. The molecule has 2 nitrogen and oxygen atoms in total. The number of amides is 1. The van der Waals surface area contributed by atoms with Crippen molar-refractivity contribution in [3.63, 3.8) is 0 Å². The first-order chi connectivity index (χ1) is 10.5. The molecule has 1 aromatic carbocycles. The van der Waals surface area contributed by atoms with Crippen LogP contribution in [0.25, 0.3) is 10.1 Å². The van der Waals surface area contributed by atoms with E-state index in [0.717, 1.165) is 16.2 Å². The van der Waals surface area contributed by atoms with Crippen LogP contribution in [0.3, 0.4) is 0 Å². The van der Waals surface area contributed by atoms with Gasteiger partial charge in [-0.2, -0.15) is 13.2 Å². The summed E-state index contributed by atoms with van der Waals surface area (Å²) in [6.07, 6.45) is -4.48. The fourth-order valence-corrected chi connectivity index (χ4v) is 3.32. The molecule has 7 heteroatoms. The van der Waals surface area contributed by atoms with Crippen molar-refractivity contribution in [1.82, 2.24) is 4.90 Å². The molecule has 0 N–H and O–H groups in total. The summed E-state index contributed by atoms with van der Waals surface area (Å²) in [6.45, 7) is 3.92. The molecule has 0 atom stereocenters. The highest BCUT2D eigenvalue weighted by Gasteiger charge is 2.35. The van der Waals surface area contributed by atoms with E-state index >= 15 is 0 Å². The maximum atomic E-state index is 13.7. The summed E-state index contributed by atoms with van der Waals surface area (Å²) in [4.78, 5) is 13.4. The second kappa shape index (κ2) is 6.11. The summed E-state index contributed by atoms with van der Waals surface area (Å²) in [5.41, 5.74) is -0.483. The number of carbonyl (C=O) groups excluding carboxylic acids is 1. The van der Waals surface area contributed by atoms with Gasteiger partial charge in [0.05, 0.1) is 4.88 Å².